The number of aromatic nitrogens is 2. The van der Waals surface area contributed by atoms with E-state index in [1.807, 2.05) is 0 Å². The van der Waals surface area contributed by atoms with Crippen LogP contribution in [0, 0.1) is 6.92 Å². The zero-order valence-electron chi connectivity index (χ0n) is 16.3. The molecular formula is C21H19F2N3O3S. The van der Waals surface area contributed by atoms with Crippen molar-refractivity contribution in [2.24, 2.45) is 0 Å². The Kier molecular flexibility index (Phi) is 6.83. The van der Waals surface area contributed by atoms with E-state index in [1.54, 1.807) is 61.0 Å². The number of anilines is 1. The van der Waals surface area contributed by atoms with Gasteiger partial charge in [0, 0.05) is 16.1 Å². The number of thioether (sulfide) groups is 1. The summed E-state index contributed by atoms with van der Waals surface area (Å²) in [5, 5.41) is 6.91. The van der Waals surface area contributed by atoms with E-state index in [0.717, 1.165) is 0 Å². The first kappa shape index (κ1) is 21.5. The van der Waals surface area contributed by atoms with Crippen LogP contribution in [0.3, 0.4) is 0 Å². The van der Waals surface area contributed by atoms with Gasteiger partial charge in [0.25, 0.3) is 11.7 Å². The van der Waals surface area contributed by atoms with Crippen LogP contribution in [0.15, 0.2) is 59.6 Å². The summed E-state index contributed by atoms with van der Waals surface area (Å²) in [4.78, 5) is 24.8. The summed E-state index contributed by atoms with van der Waals surface area (Å²) in [5.41, 5.74) is 2.49. The average Bonchev–Trinajstić information content (AvgIpc) is 3.09. The number of nitrogens with one attached hydrogen (secondary N) is 1. The summed E-state index contributed by atoms with van der Waals surface area (Å²) >= 11 is 0.416. The van der Waals surface area contributed by atoms with Crippen LogP contribution in [0.4, 0.5) is 14.5 Å². The first-order valence-corrected chi connectivity index (χ1v) is 9.95. The molecule has 0 aliphatic rings. The van der Waals surface area contributed by atoms with Crippen molar-refractivity contribution in [3.63, 3.8) is 0 Å². The molecular weight excluding hydrogens is 412 g/mol. The maximum absolute atomic E-state index is 12.5. The van der Waals surface area contributed by atoms with Gasteiger partial charge < -0.3 is 10.1 Å². The Balaban J connectivity index is 1.73. The molecule has 3 aromatic rings. The van der Waals surface area contributed by atoms with Gasteiger partial charge in [-0.3, -0.25) is 4.79 Å². The summed E-state index contributed by atoms with van der Waals surface area (Å²) < 4.78 is 31.6. The van der Waals surface area contributed by atoms with Gasteiger partial charge in [-0.2, -0.15) is 13.9 Å². The van der Waals surface area contributed by atoms with E-state index >= 15 is 0 Å². The number of hydrogen-bond donors (Lipinski definition) is 1. The molecule has 0 radical (unpaired) electrons. The van der Waals surface area contributed by atoms with Crippen molar-refractivity contribution in [3.8, 4) is 5.69 Å². The van der Waals surface area contributed by atoms with Crippen LogP contribution in [-0.4, -0.2) is 34.0 Å². The molecule has 1 heterocycles. The summed E-state index contributed by atoms with van der Waals surface area (Å²) in [7, 11) is 0. The molecule has 0 saturated carbocycles. The van der Waals surface area contributed by atoms with E-state index in [2.05, 4.69) is 10.4 Å². The van der Waals surface area contributed by atoms with Crippen LogP contribution < -0.4 is 5.32 Å². The number of ether oxygens (including phenoxy) is 1. The van der Waals surface area contributed by atoms with Gasteiger partial charge in [-0.1, -0.05) is 17.8 Å². The fraction of sp³-hybridized carbons (Fsp3) is 0.190. The van der Waals surface area contributed by atoms with Gasteiger partial charge in [0.05, 0.1) is 24.2 Å². The summed E-state index contributed by atoms with van der Waals surface area (Å²) in [6.45, 7) is 3.76. The number of rotatable bonds is 7. The second kappa shape index (κ2) is 9.53. The number of amides is 1. The van der Waals surface area contributed by atoms with Crippen molar-refractivity contribution in [3.05, 3.63) is 71.5 Å². The zero-order valence-corrected chi connectivity index (χ0v) is 17.1. The lowest BCUT2D eigenvalue weighted by Crippen LogP contribution is -2.12. The predicted molar refractivity (Wildman–Crippen MR) is 111 cm³/mol. The minimum atomic E-state index is -2.53. The van der Waals surface area contributed by atoms with Crippen LogP contribution in [0.5, 0.6) is 0 Å². The lowest BCUT2D eigenvalue weighted by Gasteiger charge is -2.09. The average molecular weight is 431 g/mol. The van der Waals surface area contributed by atoms with Gasteiger partial charge in [0.15, 0.2) is 0 Å². The molecule has 3 rings (SSSR count). The number of hydrogen-bond acceptors (Lipinski definition) is 5. The first-order chi connectivity index (χ1) is 14.4. The van der Waals surface area contributed by atoms with Crippen LogP contribution in [0.1, 0.15) is 33.3 Å². The summed E-state index contributed by atoms with van der Waals surface area (Å²) in [5.74, 6) is -3.34. The maximum atomic E-state index is 12.5. The molecule has 1 amide bonds. The molecule has 30 heavy (non-hydrogen) atoms. The van der Waals surface area contributed by atoms with E-state index in [9.17, 15) is 18.4 Å². The van der Waals surface area contributed by atoms with Crippen LogP contribution >= 0.6 is 11.8 Å². The quantitative estimate of drug-likeness (QED) is 0.424. The largest absolute Gasteiger partial charge is 0.462 e. The van der Waals surface area contributed by atoms with Crippen molar-refractivity contribution in [1.29, 1.82) is 0 Å². The number of halogens is 2. The highest BCUT2D eigenvalue weighted by molar-refractivity contribution is 7.99. The fourth-order valence-corrected chi connectivity index (χ4v) is 3.34. The first-order valence-electron chi connectivity index (χ1n) is 9.07. The van der Waals surface area contributed by atoms with Crippen LogP contribution in [0.2, 0.25) is 0 Å². The van der Waals surface area contributed by atoms with E-state index in [-0.39, 0.29) is 12.5 Å². The Morgan fingerprint density at radius 1 is 1.20 bits per heavy atom. The van der Waals surface area contributed by atoms with Gasteiger partial charge in [0.2, 0.25) is 0 Å². The standard InChI is InChI=1S/C21H19F2N3O3S/c1-3-29-20(28)18-12-24-26(13(18)2)16-9-7-14(8-10-16)19(27)25-15-5-4-6-17(11-15)30-21(22)23/h4-12,21H,3H2,1-2H3,(H,25,27). The molecule has 0 atom stereocenters. The highest BCUT2D eigenvalue weighted by atomic mass is 32.2. The van der Waals surface area contributed by atoms with E-state index in [0.29, 0.717) is 44.9 Å². The molecule has 6 nitrogen and oxygen atoms in total. The van der Waals surface area contributed by atoms with Crippen molar-refractivity contribution in [1.82, 2.24) is 9.78 Å². The topological polar surface area (TPSA) is 73.2 Å². The van der Waals surface area contributed by atoms with Crippen molar-refractivity contribution < 1.29 is 23.1 Å². The van der Waals surface area contributed by atoms with E-state index < -0.39 is 11.7 Å². The number of benzene rings is 2. The van der Waals surface area contributed by atoms with Gasteiger partial charge in [0.1, 0.15) is 5.56 Å². The number of nitrogens with zero attached hydrogens (tertiary/aromatic N) is 2. The lowest BCUT2D eigenvalue weighted by atomic mass is 10.2. The number of esters is 1. The molecule has 0 fully saturated rings. The maximum Gasteiger partial charge on any atom is 0.341 e. The Morgan fingerprint density at radius 3 is 2.60 bits per heavy atom. The summed E-state index contributed by atoms with van der Waals surface area (Å²) in [6, 6.07) is 12.9. The smallest absolute Gasteiger partial charge is 0.341 e. The normalized spacial score (nSPS) is 10.8. The highest BCUT2D eigenvalue weighted by Gasteiger charge is 2.16. The molecule has 156 valence electrons. The van der Waals surface area contributed by atoms with Gasteiger partial charge >= 0.3 is 5.97 Å². The summed E-state index contributed by atoms with van der Waals surface area (Å²) in [6.07, 6.45) is 1.44. The van der Waals surface area contributed by atoms with Crippen LogP contribution in [-0.2, 0) is 4.74 Å². The lowest BCUT2D eigenvalue weighted by molar-refractivity contribution is 0.0525. The molecule has 0 aliphatic carbocycles. The zero-order chi connectivity index (χ0) is 21.7. The molecule has 0 aliphatic heterocycles. The van der Waals surface area contributed by atoms with Crippen molar-refractivity contribution in [2.45, 2.75) is 24.5 Å². The predicted octanol–water partition coefficient (Wildman–Crippen LogP) is 4.92. The Morgan fingerprint density at radius 2 is 1.93 bits per heavy atom. The third-order valence-corrected chi connectivity index (χ3v) is 4.90. The molecule has 0 spiro atoms. The van der Waals surface area contributed by atoms with Gasteiger partial charge in [-0.15, -0.1) is 0 Å². The second-order valence-corrected chi connectivity index (χ2v) is 7.25. The fourth-order valence-electron chi connectivity index (χ4n) is 2.79. The molecule has 2 aromatic carbocycles. The van der Waals surface area contributed by atoms with Crippen LogP contribution in [0.25, 0.3) is 5.69 Å². The number of carbonyl (C=O) groups is 2. The number of carbonyl (C=O) groups excluding carboxylic acids is 2. The third-order valence-electron chi connectivity index (χ3n) is 4.20. The molecule has 0 unspecified atom stereocenters. The number of alkyl halides is 2. The molecule has 1 aromatic heterocycles. The molecule has 0 bridgehead atoms. The minimum absolute atomic E-state index is 0.275. The Labute approximate surface area is 176 Å². The SMILES string of the molecule is CCOC(=O)c1cnn(-c2ccc(C(=O)Nc3cccc(SC(F)F)c3)cc2)c1C. The van der Waals surface area contributed by atoms with Gasteiger partial charge in [-0.25, -0.2) is 9.48 Å². The third kappa shape index (κ3) is 5.04. The van der Waals surface area contributed by atoms with E-state index in [4.69, 9.17) is 4.74 Å². The van der Waals surface area contributed by atoms with Crippen molar-refractivity contribution >= 4 is 29.3 Å². The minimum Gasteiger partial charge on any atom is -0.462 e. The Hall–Kier alpha value is -3.20. The molecule has 0 saturated heterocycles. The Bertz CT molecular complexity index is 1050. The highest BCUT2D eigenvalue weighted by Crippen LogP contribution is 2.27. The molecule has 9 heteroatoms. The van der Waals surface area contributed by atoms with E-state index in [1.165, 1.54) is 12.3 Å². The van der Waals surface area contributed by atoms with Crippen molar-refractivity contribution in [2.75, 3.05) is 11.9 Å². The van der Waals surface area contributed by atoms with Gasteiger partial charge in [-0.05, 0) is 56.3 Å². The molecule has 1 N–H and O–H groups in total. The second-order valence-electron chi connectivity index (χ2n) is 6.18. The monoisotopic (exact) mass is 431 g/mol.